The molecule has 1 aromatic rings. The number of anilines is 1. The van der Waals surface area contributed by atoms with E-state index in [-0.39, 0.29) is 0 Å². The Morgan fingerprint density at radius 2 is 2.25 bits per heavy atom. The van der Waals surface area contributed by atoms with Crippen molar-refractivity contribution in [1.29, 1.82) is 0 Å². The highest BCUT2D eigenvalue weighted by molar-refractivity contribution is 5.53. The van der Waals surface area contributed by atoms with Gasteiger partial charge in [-0.1, -0.05) is 18.2 Å². The molecule has 2 aliphatic heterocycles. The quantitative estimate of drug-likeness (QED) is 0.913. The molecule has 2 unspecified atom stereocenters. The number of para-hydroxylation sites is 1. The first-order valence-electron chi connectivity index (χ1n) is 8.01. The summed E-state index contributed by atoms with van der Waals surface area (Å²) in [5.74, 6) is 0.727. The normalized spacial score (nSPS) is 26.9. The molecule has 20 heavy (non-hydrogen) atoms. The predicted octanol–water partition coefficient (Wildman–Crippen LogP) is 2.77. The van der Waals surface area contributed by atoms with Gasteiger partial charge in [0.15, 0.2) is 0 Å². The average molecular weight is 274 g/mol. The number of rotatable bonds is 4. The number of nitrogens with one attached hydrogen (secondary N) is 1. The van der Waals surface area contributed by atoms with E-state index in [1.165, 1.54) is 43.6 Å². The van der Waals surface area contributed by atoms with Gasteiger partial charge in [0.25, 0.3) is 0 Å². The van der Waals surface area contributed by atoms with Gasteiger partial charge in [0, 0.05) is 31.9 Å². The molecule has 0 spiro atoms. The van der Waals surface area contributed by atoms with Crippen LogP contribution in [0, 0.1) is 5.92 Å². The fourth-order valence-corrected chi connectivity index (χ4v) is 3.55. The first-order valence-corrected chi connectivity index (χ1v) is 8.01. The lowest BCUT2D eigenvalue weighted by Gasteiger charge is -2.36. The van der Waals surface area contributed by atoms with Crippen molar-refractivity contribution >= 4 is 5.69 Å². The first kappa shape index (κ1) is 13.9. The van der Waals surface area contributed by atoms with Crippen molar-refractivity contribution in [3.8, 4) is 0 Å². The Labute approximate surface area is 122 Å². The lowest BCUT2D eigenvalue weighted by molar-refractivity contribution is 0.00220. The summed E-state index contributed by atoms with van der Waals surface area (Å²) in [6, 6.07) is 8.71. The van der Waals surface area contributed by atoms with Crippen molar-refractivity contribution in [3.05, 3.63) is 29.8 Å². The van der Waals surface area contributed by atoms with Gasteiger partial charge in [-0.15, -0.1) is 0 Å². The number of piperidine rings is 1. The van der Waals surface area contributed by atoms with Crippen molar-refractivity contribution in [3.63, 3.8) is 0 Å². The van der Waals surface area contributed by atoms with E-state index in [0.29, 0.717) is 6.10 Å². The SMILES string of the molecule is CCOC1CCCN(CC2CNc3ccccc3C2)C1. The van der Waals surface area contributed by atoms with E-state index < -0.39 is 0 Å². The van der Waals surface area contributed by atoms with Crippen LogP contribution in [0.5, 0.6) is 0 Å². The highest BCUT2D eigenvalue weighted by Gasteiger charge is 2.24. The van der Waals surface area contributed by atoms with Gasteiger partial charge < -0.3 is 15.0 Å². The molecule has 0 amide bonds. The van der Waals surface area contributed by atoms with Crippen molar-refractivity contribution in [2.24, 2.45) is 5.92 Å². The molecule has 0 radical (unpaired) electrons. The van der Waals surface area contributed by atoms with Crippen molar-refractivity contribution in [1.82, 2.24) is 4.90 Å². The van der Waals surface area contributed by atoms with Crippen LogP contribution >= 0.6 is 0 Å². The van der Waals surface area contributed by atoms with Gasteiger partial charge in [-0.2, -0.15) is 0 Å². The summed E-state index contributed by atoms with van der Waals surface area (Å²) in [6.07, 6.45) is 4.17. The molecule has 1 fully saturated rings. The third-order valence-corrected chi connectivity index (χ3v) is 4.49. The van der Waals surface area contributed by atoms with Gasteiger partial charge >= 0.3 is 0 Å². The van der Waals surface area contributed by atoms with Crippen LogP contribution in [0.15, 0.2) is 24.3 Å². The van der Waals surface area contributed by atoms with Crippen LogP contribution in [0.25, 0.3) is 0 Å². The molecule has 0 aromatic heterocycles. The molecule has 2 aliphatic rings. The molecular formula is C17H26N2O. The summed E-state index contributed by atoms with van der Waals surface area (Å²) >= 11 is 0. The summed E-state index contributed by atoms with van der Waals surface area (Å²) in [7, 11) is 0. The van der Waals surface area contributed by atoms with Gasteiger partial charge in [-0.25, -0.2) is 0 Å². The van der Waals surface area contributed by atoms with E-state index >= 15 is 0 Å². The van der Waals surface area contributed by atoms with Crippen LogP contribution in [-0.4, -0.2) is 43.8 Å². The Morgan fingerprint density at radius 1 is 1.35 bits per heavy atom. The van der Waals surface area contributed by atoms with Gasteiger partial charge in [0.2, 0.25) is 0 Å². The van der Waals surface area contributed by atoms with Gasteiger partial charge in [-0.05, 0) is 50.3 Å². The Morgan fingerprint density at radius 3 is 3.15 bits per heavy atom. The lowest BCUT2D eigenvalue weighted by Crippen LogP contribution is -2.44. The molecule has 2 heterocycles. The Balaban J connectivity index is 1.54. The number of hydrogen-bond acceptors (Lipinski definition) is 3. The second kappa shape index (κ2) is 6.59. The molecule has 110 valence electrons. The zero-order valence-electron chi connectivity index (χ0n) is 12.5. The molecule has 3 rings (SSSR count). The fraction of sp³-hybridized carbons (Fsp3) is 0.647. The largest absolute Gasteiger partial charge is 0.384 e. The zero-order chi connectivity index (χ0) is 13.8. The highest BCUT2D eigenvalue weighted by atomic mass is 16.5. The summed E-state index contributed by atoms with van der Waals surface area (Å²) in [4.78, 5) is 2.60. The molecule has 1 saturated heterocycles. The smallest absolute Gasteiger partial charge is 0.0702 e. The van der Waals surface area contributed by atoms with Gasteiger partial charge in [0.05, 0.1) is 6.10 Å². The molecule has 0 bridgehead atoms. The molecule has 0 saturated carbocycles. The van der Waals surface area contributed by atoms with E-state index in [1.54, 1.807) is 0 Å². The predicted molar refractivity (Wildman–Crippen MR) is 83.2 cm³/mol. The molecule has 1 aromatic carbocycles. The Kier molecular flexibility index (Phi) is 4.58. The third-order valence-electron chi connectivity index (χ3n) is 4.49. The zero-order valence-corrected chi connectivity index (χ0v) is 12.5. The number of nitrogens with zero attached hydrogens (tertiary/aromatic N) is 1. The van der Waals surface area contributed by atoms with E-state index in [9.17, 15) is 0 Å². The van der Waals surface area contributed by atoms with Crippen LogP contribution in [0.4, 0.5) is 5.69 Å². The third kappa shape index (κ3) is 3.33. The van der Waals surface area contributed by atoms with Gasteiger partial charge in [0.1, 0.15) is 0 Å². The summed E-state index contributed by atoms with van der Waals surface area (Å²) in [6.45, 7) is 7.60. The van der Waals surface area contributed by atoms with E-state index in [2.05, 4.69) is 41.4 Å². The highest BCUT2D eigenvalue weighted by Crippen LogP contribution is 2.25. The van der Waals surface area contributed by atoms with E-state index in [1.807, 2.05) is 0 Å². The summed E-state index contributed by atoms with van der Waals surface area (Å²) in [5.41, 5.74) is 2.80. The molecule has 3 nitrogen and oxygen atoms in total. The Hall–Kier alpha value is -1.06. The number of hydrogen-bond donors (Lipinski definition) is 1. The monoisotopic (exact) mass is 274 g/mol. The number of benzene rings is 1. The number of ether oxygens (including phenoxy) is 1. The van der Waals surface area contributed by atoms with Crippen molar-refractivity contribution in [2.45, 2.75) is 32.3 Å². The molecular weight excluding hydrogens is 248 g/mol. The maximum Gasteiger partial charge on any atom is 0.0702 e. The fourth-order valence-electron chi connectivity index (χ4n) is 3.55. The van der Waals surface area contributed by atoms with Crippen LogP contribution in [-0.2, 0) is 11.2 Å². The second-order valence-electron chi connectivity index (χ2n) is 6.09. The maximum atomic E-state index is 5.80. The minimum Gasteiger partial charge on any atom is -0.384 e. The molecule has 3 heteroatoms. The Bertz CT molecular complexity index is 433. The minimum atomic E-state index is 0.456. The van der Waals surface area contributed by atoms with Crippen LogP contribution in [0.2, 0.25) is 0 Å². The second-order valence-corrected chi connectivity index (χ2v) is 6.09. The van der Waals surface area contributed by atoms with Crippen LogP contribution < -0.4 is 5.32 Å². The summed E-state index contributed by atoms with van der Waals surface area (Å²) in [5, 5.41) is 3.58. The maximum absolute atomic E-state index is 5.80. The van der Waals surface area contributed by atoms with Crippen molar-refractivity contribution in [2.75, 3.05) is 38.1 Å². The molecule has 1 N–H and O–H groups in total. The standard InChI is InChI=1S/C17H26N2O/c1-2-20-16-7-5-9-19(13-16)12-14-10-15-6-3-4-8-17(15)18-11-14/h3-4,6,8,14,16,18H,2,5,7,9-13H2,1H3. The lowest BCUT2D eigenvalue weighted by atomic mass is 9.93. The average Bonchev–Trinajstić information content (AvgIpc) is 2.48. The van der Waals surface area contributed by atoms with E-state index in [4.69, 9.17) is 4.74 Å². The number of likely N-dealkylation sites (tertiary alicyclic amines) is 1. The van der Waals surface area contributed by atoms with Crippen LogP contribution in [0.1, 0.15) is 25.3 Å². The van der Waals surface area contributed by atoms with Crippen LogP contribution in [0.3, 0.4) is 0 Å². The topological polar surface area (TPSA) is 24.5 Å². The number of fused-ring (bicyclic) bond motifs is 1. The molecule has 2 atom stereocenters. The van der Waals surface area contributed by atoms with E-state index in [0.717, 1.165) is 25.6 Å². The summed E-state index contributed by atoms with van der Waals surface area (Å²) < 4.78 is 5.80. The van der Waals surface area contributed by atoms with Crippen molar-refractivity contribution < 1.29 is 4.74 Å². The van der Waals surface area contributed by atoms with Gasteiger partial charge in [-0.3, -0.25) is 0 Å². The molecule has 0 aliphatic carbocycles. The minimum absolute atomic E-state index is 0.456. The first-order chi connectivity index (χ1) is 9.85.